The van der Waals surface area contributed by atoms with Crippen LogP contribution >= 0.6 is 11.8 Å². The third-order valence-corrected chi connectivity index (χ3v) is 8.02. The van der Waals surface area contributed by atoms with Crippen molar-refractivity contribution < 1.29 is 13.2 Å². The Hall–Kier alpha value is -2.32. The molecule has 0 unspecified atom stereocenters. The molecule has 0 saturated carbocycles. The van der Waals surface area contributed by atoms with Crippen LogP contribution in [-0.2, 0) is 14.6 Å². The summed E-state index contributed by atoms with van der Waals surface area (Å²) in [6.45, 7) is 4.00. The van der Waals surface area contributed by atoms with Gasteiger partial charge >= 0.3 is 0 Å². The molecule has 0 radical (unpaired) electrons. The lowest BCUT2D eigenvalue weighted by atomic mass is 10.1. The lowest BCUT2D eigenvalue weighted by Crippen LogP contribution is -2.39. The Morgan fingerprint density at radius 1 is 1.14 bits per heavy atom. The van der Waals surface area contributed by atoms with Gasteiger partial charge in [0.25, 0.3) is 0 Å². The minimum atomic E-state index is -3.09. The highest BCUT2D eigenvalue weighted by Crippen LogP contribution is 2.35. The number of fused-ring (bicyclic) bond motifs is 1. The summed E-state index contributed by atoms with van der Waals surface area (Å²) in [4.78, 5) is 19.2. The van der Waals surface area contributed by atoms with Crippen LogP contribution in [0.1, 0.15) is 11.1 Å². The highest BCUT2D eigenvalue weighted by Gasteiger charge is 2.47. The van der Waals surface area contributed by atoms with Crippen molar-refractivity contribution in [1.82, 2.24) is 0 Å². The topological polar surface area (TPSA) is 78.8 Å². The van der Waals surface area contributed by atoms with Gasteiger partial charge in [-0.15, -0.1) is 0 Å². The van der Waals surface area contributed by atoms with Crippen LogP contribution in [0.15, 0.2) is 53.5 Å². The summed E-state index contributed by atoms with van der Waals surface area (Å²) in [7, 11) is -3.09. The first kappa shape index (κ1) is 20.0. The number of hydrogen-bond acceptors (Lipinski definition) is 6. The van der Waals surface area contributed by atoms with Crippen molar-refractivity contribution in [2.45, 2.75) is 25.9 Å². The van der Waals surface area contributed by atoms with E-state index in [2.05, 4.69) is 10.3 Å². The summed E-state index contributed by atoms with van der Waals surface area (Å²) in [5.41, 5.74) is 3.89. The molecule has 6 nitrogen and oxygen atoms in total. The molecule has 0 aromatic heterocycles. The first-order valence-electron chi connectivity index (χ1n) is 9.45. The van der Waals surface area contributed by atoms with Crippen LogP contribution in [0.3, 0.4) is 0 Å². The Morgan fingerprint density at radius 3 is 2.66 bits per heavy atom. The number of benzene rings is 2. The molecule has 2 aromatic rings. The molecule has 2 aromatic carbocycles. The van der Waals surface area contributed by atoms with E-state index in [1.165, 1.54) is 11.8 Å². The summed E-state index contributed by atoms with van der Waals surface area (Å²) >= 11 is 1.35. The fourth-order valence-corrected chi connectivity index (χ4v) is 6.49. The van der Waals surface area contributed by atoms with E-state index < -0.39 is 9.84 Å². The van der Waals surface area contributed by atoms with Crippen LogP contribution in [0.5, 0.6) is 0 Å². The summed E-state index contributed by atoms with van der Waals surface area (Å²) in [6.07, 6.45) is 0. The first-order chi connectivity index (χ1) is 13.8. The van der Waals surface area contributed by atoms with Crippen LogP contribution in [0, 0.1) is 13.8 Å². The number of amidine groups is 1. The number of nitrogens with zero attached hydrogens (tertiary/aromatic N) is 2. The quantitative estimate of drug-likeness (QED) is 0.808. The highest BCUT2D eigenvalue weighted by atomic mass is 32.2. The molecule has 152 valence electrons. The van der Waals surface area contributed by atoms with Gasteiger partial charge < -0.3 is 10.2 Å². The Balaban J connectivity index is 1.49. The third kappa shape index (κ3) is 4.18. The molecule has 1 saturated heterocycles. The van der Waals surface area contributed by atoms with E-state index in [4.69, 9.17) is 0 Å². The predicted octanol–water partition coefficient (Wildman–Crippen LogP) is 3.02. The first-order valence-corrected chi connectivity index (χ1v) is 12.3. The van der Waals surface area contributed by atoms with Crippen molar-refractivity contribution in [2.24, 2.45) is 4.99 Å². The van der Waals surface area contributed by atoms with Gasteiger partial charge in [0.15, 0.2) is 15.0 Å². The number of aryl methyl sites for hydroxylation is 1. The van der Waals surface area contributed by atoms with Gasteiger partial charge in [-0.1, -0.05) is 42.1 Å². The van der Waals surface area contributed by atoms with Gasteiger partial charge in [0.2, 0.25) is 5.91 Å². The standard InChI is InChI=1S/C21H23N3O3S2/c1-14-7-6-10-17(15(14)2)22-20(25)11-28-21-23-18-12-29(26,27)13-19(18)24(21)16-8-4-3-5-9-16/h3-10,18-19H,11-13H2,1-2H3,(H,22,25)/t18-,19+/m0/s1. The molecule has 0 spiro atoms. The number of carbonyl (C=O) groups is 1. The monoisotopic (exact) mass is 429 g/mol. The number of sulfone groups is 1. The van der Waals surface area contributed by atoms with E-state index in [0.29, 0.717) is 5.17 Å². The average molecular weight is 430 g/mol. The number of anilines is 2. The van der Waals surface area contributed by atoms with Crippen LogP contribution in [-0.4, -0.2) is 48.8 Å². The van der Waals surface area contributed by atoms with E-state index >= 15 is 0 Å². The summed E-state index contributed by atoms with van der Waals surface area (Å²) in [6, 6.07) is 15.0. The van der Waals surface area contributed by atoms with Crippen LogP contribution in [0.25, 0.3) is 0 Å². The van der Waals surface area contributed by atoms with Gasteiger partial charge in [0, 0.05) is 11.4 Å². The zero-order valence-corrected chi connectivity index (χ0v) is 18.0. The normalized spacial score (nSPS) is 22.3. The second-order valence-corrected chi connectivity index (χ2v) is 10.5. The van der Waals surface area contributed by atoms with Gasteiger partial charge in [-0.3, -0.25) is 9.79 Å². The predicted molar refractivity (Wildman–Crippen MR) is 120 cm³/mol. The lowest BCUT2D eigenvalue weighted by Gasteiger charge is -2.26. The molecule has 0 bridgehead atoms. The maximum Gasteiger partial charge on any atom is 0.234 e. The fourth-order valence-electron chi connectivity index (χ4n) is 3.73. The Morgan fingerprint density at radius 2 is 1.90 bits per heavy atom. The van der Waals surface area contributed by atoms with Gasteiger partial charge in [-0.05, 0) is 43.2 Å². The van der Waals surface area contributed by atoms with Crippen LogP contribution in [0.4, 0.5) is 11.4 Å². The molecule has 8 heteroatoms. The molecule has 2 aliphatic heterocycles. The Labute approximate surface area is 175 Å². The van der Waals surface area contributed by atoms with E-state index in [9.17, 15) is 13.2 Å². The molecule has 2 aliphatic rings. The van der Waals surface area contributed by atoms with Crippen molar-refractivity contribution in [1.29, 1.82) is 0 Å². The summed E-state index contributed by atoms with van der Waals surface area (Å²) in [5, 5.41) is 3.67. The Kier molecular flexibility index (Phi) is 5.40. The molecule has 1 fully saturated rings. The molecule has 2 atom stereocenters. The van der Waals surface area contributed by atoms with E-state index in [0.717, 1.165) is 22.5 Å². The molecule has 2 heterocycles. The molecular weight excluding hydrogens is 406 g/mol. The van der Waals surface area contributed by atoms with E-state index in [-0.39, 0.29) is 35.2 Å². The maximum atomic E-state index is 12.5. The second-order valence-electron chi connectivity index (χ2n) is 7.41. The van der Waals surface area contributed by atoms with Gasteiger partial charge in [0.05, 0.1) is 29.3 Å². The number of carbonyl (C=O) groups excluding carboxylic acids is 1. The molecule has 29 heavy (non-hydrogen) atoms. The summed E-state index contributed by atoms with van der Waals surface area (Å²) in [5.74, 6) is 0.264. The molecule has 0 aliphatic carbocycles. The van der Waals surface area contributed by atoms with Gasteiger partial charge in [0.1, 0.15) is 0 Å². The van der Waals surface area contributed by atoms with Crippen LogP contribution < -0.4 is 10.2 Å². The van der Waals surface area contributed by atoms with Gasteiger partial charge in [-0.2, -0.15) is 0 Å². The molecule has 1 N–H and O–H groups in total. The van der Waals surface area contributed by atoms with Crippen LogP contribution in [0.2, 0.25) is 0 Å². The summed E-state index contributed by atoms with van der Waals surface area (Å²) < 4.78 is 24.2. The van der Waals surface area contributed by atoms with Crippen molar-refractivity contribution in [3.63, 3.8) is 0 Å². The smallest absolute Gasteiger partial charge is 0.234 e. The number of nitrogens with one attached hydrogen (secondary N) is 1. The number of para-hydroxylation sites is 1. The lowest BCUT2D eigenvalue weighted by molar-refractivity contribution is -0.113. The van der Waals surface area contributed by atoms with E-state index in [1.807, 2.05) is 67.3 Å². The number of aliphatic imine (C=N–C) groups is 1. The van der Waals surface area contributed by atoms with Crippen molar-refractivity contribution in [3.8, 4) is 0 Å². The third-order valence-electron chi connectivity index (χ3n) is 5.35. The number of thioether (sulfide) groups is 1. The van der Waals surface area contributed by atoms with Crippen molar-refractivity contribution in [2.75, 3.05) is 27.5 Å². The largest absolute Gasteiger partial charge is 0.325 e. The second kappa shape index (κ2) is 7.84. The SMILES string of the molecule is Cc1cccc(NC(=O)CSC2=N[C@H]3CS(=O)(=O)C[C@H]3N2c2ccccc2)c1C. The molecule has 1 amide bonds. The molecular formula is C21H23N3O3S2. The van der Waals surface area contributed by atoms with Crippen molar-refractivity contribution in [3.05, 3.63) is 59.7 Å². The number of rotatable bonds is 4. The minimum Gasteiger partial charge on any atom is -0.325 e. The molecule has 4 rings (SSSR count). The fraction of sp³-hybridized carbons (Fsp3) is 0.333. The van der Waals surface area contributed by atoms with E-state index in [1.54, 1.807) is 0 Å². The van der Waals surface area contributed by atoms with Gasteiger partial charge in [-0.25, -0.2) is 8.42 Å². The maximum absolute atomic E-state index is 12.5. The average Bonchev–Trinajstić information content (AvgIpc) is 3.15. The zero-order valence-electron chi connectivity index (χ0n) is 16.3. The Bertz CT molecular complexity index is 1070. The number of hydrogen-bond donors (Lipinski definition) is 1. The highest BCUT2D eigenvalue weighted by molar-refractivity contribution is 8.14. The van der Waals surface area contributed by atoms with Crippen molar-refractivity contribution >= 4 is 44.0 Å². The minimum absolute atomic E-state index is 0.0692. The zero-order chi connectivity index (χ0) is 20.6. The number of amides is 1.